The average Bonchev–Trinajstić information content (AvgIpc) is 3.20. The van der Waals surface area contributed by atoms with Gasteiger partial charge in [0.1, 0.15) is 5.82 Å². The van der Waals surface area contributed by atoms with Crippen molar-refractivity contribution in [3.63, 3.8) is 0 Å². The fourth-order valence-electron chi connectivity index (χ4n) is 2.97. The quantitative estimate of drug-likeness (QED) is 0.756. The summed E-state index contributed by atoms with van der Waals surface area (Å²) in [6.45, 7) is 3.65. The molecule has 0 amide bonds. The van der Waals surface area contributed by atoms with Crippen LogP contribution >= 0.6 is 0 Å². The molecule has 20 heavy (non-hydrogen) atoms. The Morgan fingerprint density at radius 2 is 1.75 bits per heavy atom. The molecule has 1 saturated carbocycles. The SMILES string of the molecule is Cc1cc(C)c(C(=O)C2(c3ccccc3)CC2)c(F)c1. The molecule has 2 aromatic carbocycles. The van der Waals surface area contributed by atoms with Crippen LogP contribution < -0.4 is 0 Å². The number of halogens is 1. The molecule has 1 aliphatic carbocycles. The van der Waals surface area contributed by atoms with Crippen molar-refractivity contribution in [2.45, 2.75) is 32.1 Å². The summed E-state index contributed by atoms with van der Waals surface area (Å²) in [6.07, 6.45) is 1.62. The third-order valence-corrected chi connectivity index (χ3v) is 4.17. The average molecular weight is 268 g/mol. The van der Waals surface area contributed by atoms with Crippen molar-refractivity contribution in [2.75, 3.05) is 0 Å². The van der Waals surface area contributed by atoms with Crippen molar-refractivity contribution in [2.24, 2.45) is 0 Å². The van der Waals surface area contributed by atoms with Crippen LogP contribution in [0.25, 0.3) is 0 Å². The van der Waals surface area contributed by atoms with Crippen LogP contribution in [0, 0.1) is 19.7 Å². The highest BCUT2D eigenvalue weighted by molar-refractivity contribution is 6.07. The maximum atomic E-state index is 14.2. The molecule has 0 spiro atoms. The lowest BCUT2D eigenvalue weighted by molar-refractivity contribution is 0.0941. The minimum Gasteiger partial charge on any atom is -0.293 e. The number of hydrogen-bond acceptors (Lipinski definition) is 1. The van der Waals surface area contributed by atoms with Gasteiger partial charge in [0, 0.05) is 0 Å². The van der Waals surface area contributed by atoms with Gasteiger partial charge in [0.15, 0.2) is 5.78 Å². The number of rotatable bonds is 3. The van der Waals surface area contributed by atoms with E-state index in [-0.39, 0.29) is 11.3 Å². The largest absolute Gasteiger partial charge is 0.293 e. The van der Waals surface area contributed by atoms with Crippen molar-refractivity contribution in [3.05, 3.63) is 70.5 Å². The smallest absolute Gasteiger partial charge is 0.176 e. The van der Waals surface area contributed by atoms with Gasteiger partial charge in [-0.3, -0.25) is 4.79 Å². The first-order chi connectivity index (χ1) is 9.54. The zero-order chi connectivity index (χ0) is 14.3. The summed E-state index contributed by atoms with van der Waals surface area (Å²) in [6, 6.07) is 13.0. The van der Waals surface area contributed by atoms with Gasteiger partial charge in [-0.2, -0.15) is 0 Å². The third kappa shape index (κ3) is 1.96. The maximum absolute atomic E-state index is 14.2. The number of carbonyl (C=O) groups is 1. The monoisotopic (exact) mass is 268 g/mol. The van der Waals surface area contributed by atoms with E-state index in [4.69, 9.17) is 0 Å². The zero-order valence-electron chi connectivity index (χ0n) is 11.7. The van der Waals surface area contributed by atoms with Crippen molar-refractivity contribution < 1.29 is 9.18 Å². The number of hydrogen-bond donors (Lipinski definition) is 0. The maximum Gasteiger partial charge on any atom is 0.176 e. The molecule has 0 aliphatic heterocycles. The zero-order valence-corrected chi connectivity index (χ0v) is 11.7. The highest BCUT2D eigenvalue weighted by atomic mass is 19.1. The Morgan fingerprint density at radius 3 is 2.30 bits per heavy atom. The summed E-state index contributed by atoms with van der Waals surface area (Å²) >= 11 is 0. The number of carbonyl (C=O) groups excluding carboxylic acids is 1. The molecule has 0 saturated heterocycles. The second kappa shape index (κ2) is 4.55. The van der Waals surface area contributed by atoms with E-state index >= 15 is 0 Å². The second-order valence-corrected chi connectivity index (χ2v) is 5.72. The van der Waals surface area contributed by atoms with Crippen molar-refractivity contribution in [1.82, 2.24) is 0 Å². The van der Waals surface area contributed by atoms with E-state index in [2.05, 4.69) is 0 Å². The van der Waals surface area contributed by atoms with Gasteiger partial charge in [-0.05, 0) is 49.4 Å². The first kappa shape index (κ1) is 13.0. The van der Waals surface area contributed by atoms with E-state index in [9.17, 15) is 9.18 Å². The van der Waals surface area contributed by atoms with Gasteiger partial charge < -0.3 is 0 Å². The first-order valence-corrected chi connectivity index (χ1v) is 6.92. The van der Waals surface area contributed by atoms with Gasteiger partial charge in [0.2, 0.25) is 0 Å². The van der Waals surface area contributed by atoms with Gasteiger partial charge in [0.25, 0.3) is 0 Å². The van der Waals surface area contributed by atoms with Crippen molar-refractivity contribution in [1.29, 1.82) is 0 Å². The second-order valence-electron chi connectivity index (χ2n) is 5.72. The molecule has 3 rings (SSSR count). The third-order valence-electron chi connectivity index (χ3n) is 4.17. The molecule has 0 unspecified atom stereocenters. The van der Waals surface area contributed by atoms with Crippen LogP contribution in [0.4, 0.5) is 4.39 Å². The lowest BCUT2D eigenvalue weighted by Crippen LogP contribution is -2.23. The van der Waals surface area contributed by atoms with E-state index in [1.165, 1.54) is 6.07 Å². The number of benzene rings is 2. The molecule has 2 heteroatoms. The Labute approximate surface area is 118 Å². The Hall–Kier alpha value is -1.96. The highest BCUT2D eigenvalue weighted by Gasteiger charge is 2.52. The first-order valence-electron chi connectivity index (χ1n) is 6.92. The lowest BCUT2D eigenvalue weighted by atomic mass is 9.85. The molecule has 1 nitrogen and oxygen atoms in total. The van der Waals surface area contributed by atoms with Crippen LogP contribution in [0.15, 0.2) is 42.5 Å². The van der Waals surface area contributed by atoms with Gasteiger partial charge in [-0.25, -0.2) is 4.39 Å². The molecule has 0 bridgehead atoms. The van der Waals surface area contributed by atoms with Crippen LogP contribution in [0.5, 0.6) is 0 Å². The molecular weight excluding hydrogens is 251 g/mol. The predicted molar refractivity (Wildman–Crippen MR) is 77.6 cm³/mol. The van der Waals surface area contributed by atoms with Gasteiger partial charge in [-0.1, -0.05) is 36.4 Å². The van der Waals surface area contributed by atoms with Crippen LogP contribution in [0.3, 0.4) is 0 Å². The van der Waals surface area contributed by atoms with E-state index in [1.54, 1.807) is 0 Å². The molecule has 1 aliphatic rings. The summed E-state index contributed by atoms with van der Waals surface area (Å²) in [5, 5.41) is 0. The minimum atomic E-state index is -0.498. The molecule has 0 atom stereocenters. The summed E-state index contributed by atoms with van der Waals surface area (Å²) in [7, 11) is 0. The number of aryl methyl sites for hydroxylation is 2. The van der Waals surface area contributed by atoms with Crippen LogP contribution in [-0.4, -0.2) is 5.78 Å². The number of Topliss-reactive ketones (excluding diaryl/α,β-unsaturated/α-hetero) is 1. The standard InChI is InChI=1S/C18H17FO/c1-12-10-13(2)16(15(19)11-12)17(20)18(8-9-18)14-6-4-3-5-7-14/h3-7,10-11H,8-9H2,1-2H3. The number of ketones is 1. The molecular formula is C18H17FO. The summed E-state index contributed by atoms with van der Waals surface area (Å²) in [5.74, 6) is -0.464. The molecule has 1 fully saturated rings. The summed E-state index contributed by atoms with van der Waals surface area (Å²) in [4.78, 5) is 12.8. The Bertz CT molecular complexity index is 646. The molecule has 102 valence electrons. The highest BCUT2D eigenvalue weighted by Crippen LogP contribution is 2.51. The van der Waals surface area contributed by atoms with E-state index in [1.807, 2.05) is 50.2 Å². The summed E-state index contributed by atoms with van der Waals surface area (Å²) in [5.41, 5.74) is 2.35. The van der Waals surface area contributed by atoms with Crippen LogP contribution in [-0.2, 0) is 5.41 Å². The molecule has 0 heterocycles. The Kier molecular flexibility index (Phi) is 2.97. The molecule has 0 radical (unpaired) electrons. The van der Waals surface area contributed by atoms with E-state index < -0.39 is 11.2 Å². The fraction of sp³-hybridized carbons (Fsp3) is 0.278. The Balaban J connectivity index is 2.07. The van der Waals surface area contributed by atoms with Gasteiger partial charge in [-0.15, -0.1) is 0 Å². The fourth-order valence-corrected chi connectivity index (χ4v) is 2.97. The minimum absolute atomic E-state index is 0.0706. The molecule has 0 N–H and O–H groups in total. The molecule has 0 aromatic heterocycles. The lowest BCUT2D eigenvalue weighted by Gasteiger charge is -2.17. The summed E-state index contributed by atoms with van der Waals surface area (Å²) < 4.78 is 14.2. The Morgan fingerprint density at radius 1 is 1.10 bits per heavy atom. The predicted octanol–water partition coefficient (Wildman–Crippen LogP) is 4.36. The van der Waals surface area contributed by atoms with Gasteiger partial charge in [0.05, 0.1) is 11.0 Å². The van der Waals surface area contributed by atoms with E-state index in [0.717, 1.165) is 29.5 Å². The van der Waals surface area contributed by atoms with Crippen molar-refractivity contribution >= 4 is 5.78 Å². The normalized spacial score (nSPS) is 15.9. The van der Waals surface area contributed by atoms with Gasteiger partial charge >= 0.3 is 0 Å². The topological polar surface area (TPSA) is 17.1 Å². The molecule has 2 aromatic rings. The van der Waals surface area contributed by atoms with Crippen LogP contribution in [0.2, 0.25) is 0 Å². The van der Waals surface area contributed by atoms with Crippen molar-refractivity contribution in [3.8, 4) is 0 Å². The van der Waals surface area contributed by atoms with Crippen LogP contribution in [0.1, 0.15) is 39.9 Å². The van der Waals surface area contributed by atoms with E-state index in [0.29, 0.717) is 0 Å².